The Morgan fingerprint density at radius 2 is 1.14 bits per heavy atom. The van der Waals surface area contributed by atoms with E-state index in [0.717, 1.165) is 11.1 Å². The van der Waals surface area contributed by atoms with Gasteiger partial charge in [0.1, 0.15) is 12.2 Å². The minimum absolute atomic E-state index is 0.0668. The van der Waals surface area contributed by atoms with Gasteiger partial charge in [-0.1, -0.05) is 71.1 Å². The highest BCUT2D eigenvalue weighted by Crippen LogP contribution is 2.14. The molecule has 4 aromatic rings. The maximum absolute atomic E-state index is 13.1. The molecule has 2 amide bonds. The Bertz CT molecular complexity index is 1080. The number of hydrogen-bond acceptors (Lipinski definition) is 9. The summed E-state index contributed by atoms with van der Waals surface area (Å²) in [6.07, 6.45) is -1.37. The summed E-state index contributed by atoms with van der Waals surface area (Å²) in [7, 11) is 0. The zero-order chi connectivity index (χ0) is 24.3. The lowest BCUT2D eigenvalue weighted by molar-refractivity contribution is -0.146. The normalized spacial score (nSPS) is 12.6. The zero-order valence-corrected chi connectivity index (χ0v) is 18.7. The van der Waals surface area contributed by atoms with Crippen molar-refractivity contribution in [3.8, 4) is 0 Å². The number of nitrogens with one attached hydrogen (secondary N) is 4. The molecule has 0 aliphatic rings. The third-order valence-corrected chi connectivity index (χ3v) is 5.06. The fourth-order valence-corrected chi connectivity index (χ4v) is 3.33. The molecule has 0 fully saturated rings. The van der Waals surface area contributed by atoms with Crippen molar-refractivity contribution in [2.75, 3.05) is 0 Å². The Morgan fingerprint density at radius 3 is 1.51 bits per heavy atom. The first-order valence-electron chi connectivity index (χ1n) is 10.9. The van der Waals surface area contributed by atoms with Crippen molar-refractivity contribution in [1.82, 2.24) is 51.9 Å². The van der Waals surface area contributed by atoms with E-state index in [4.69, 9.17) is 4.74 Å². The number of aromatic nitrogens is 8. The second-order valence-electron chi connectivity index (χ2n) is 7.58. The zero-order valence-electron chi connectivity index (χ0n) is 18.7. The first kappa shape index (κ1) is 23.6. The predicted molar refractivity (Wildman–Crippen MR) is 121 cm³/mol. The minimum Gasteiger partial charge on any atom is -0.355 e. The number of amides is 2. The van der Waals surface area contributed by atoms with Gasteiger partial charge in [0.15, 0.2) is 11.6 Å². The topological polar surface area (TPSA) is 176 Å². The molecular weight excluding hydrogens is 452 g/mol. The molecule has 0 aliphatic heterocycles. The third kappa shape index (κ3) is 7.23. The van der Waals surface area contributed by atoms with Crippen LogP contribution in [-0.4, -0.2) is 65.3 Å². The smallest absolute Gasteiger partial charge is 0.249 e. The summed E-state index contributed by atoms with van der Waals surface area (Å²) in [5, 5.41) is 32.5. The van der Waals surface area contributed by atoms with Gasteiger partial charge in [-0.25, -0.2) is 0 Å². The van der Waals surface area contributed by atoms with E-state index < -0.39 is 24.0 Å². The minimum atomic E-state index is -0.950. The Labute approximate surface area is 200 Å². The average molecular weight is 477 g/mol. The summed E-state index contributed by atoms with van der Waals surface area (Å²) in [5.74, 6) is -0.142. The molecule has 0 aliphatic carbocycles. The van der Waals surface area contributed by atoms with Gasteiger partial charge in [0.2, 0.25) is 11.8 Å². The molecule has 0 unspecified atom stereocenters. The summed E-state index contributed by atoms with van der Waals surface area (Å²) in [6, 6.07) is 18.9. The second kappa shape index (κ2) is 12.1. The van der Waals surface area contributed by atoms with E-state index in [0.29, 0.717) is 11.6 Å². The molecule has 2 aromatic heterocycles. The number of H-pyrrole nitrogens is 2. The lowest BCUT2D eigenvalue weighted by atomic mass is 10.0. The van der Waals surface area contributed by atoms with Crippen LogP contribution in [0.25, 0.3) is 0 Å². The van der Waals surface area contributed by atoms with Gasteiger partial charge in [0.25, 0.3) is 0 Å². The van der Waals surface area contributed by atoms with Crippen LogP contribution in [0.4, 0.5) is 0 Å². The van der Waals surface area contributed by atoms with Gasteiger partial charge in [-0.15, -0.1) is 20.4 Å². The highest BCUT2D eigenvalue weighted by Gasteiger charge is 2.29. The van der Waals surface area contributed by atoms with Gasteiger partial charge in [0.05, 0.1) is 13.1 Å². The number of carbonyl (C=O) groups is 2. The summed E-state index contributed by atoms with van der Waals surface area (Å²) >= 11 is 0. The Morgan fingerprint density at radius 1 is 0.714 bits per heavy atom. The molecule has 13 heteroatoms. The van der Waals surface area contributed by atoms with E-state index >= 15 is 0 Å². The van der Waals surface area contributed by atoms with Crippen LogP contribution in [0.3, 0.4) is 0 Å². The summed E-state index contributed by atoms with van der Waals surface area (Å²) in [4.78, 5) is 26.2. The summed E-state index contributed by atoms with van der Waals surface area (Å²) in [5.41, 5.74) is 1.77. The molecule has 4 N–H and O–H groups in total. The fraction of sp³-hybridized carbons (Fsp3) is 0.273. The number of carbonyl (C=O) groups excluding carboxylic acids is 2. The molecule has 0 bridgehead atoms. The maximum Gasteiger partial charge on any atom is 0.249 e. The van der Waals surface area contributed by atoms with Crippen LogP contribution in [0.1, 0.15) is 22.8 Å². The van der Waals surface area contributed by atoms with Crippen LogP contribution in [-0.2, 0) is 40.3 Å². The molecule has 2 heterocycles. The number of aromatic amines is 2. The number of ether oxygens (including phenoxy) is 1. The number of tetrazole rings is 2. The predicted octanol–water partition coefficient (Wildman–Crippen LogP) is -0.115. The van der Waals surface area contributed by atoms with E-state index in [1.807, 2.05) is 60.7 Å². The van der Waals surface area contributed by atoms with Crippen molar-refractivity contribution < 1.29 is 14.3 Å². The number of benzene rings is 2. The quantitative estimate of drug-likeness (QED) is 0.217. The van der Waals surface area contributed by atoms with Crippen LogP contribution in [0, 0.1) is 0 Å². The first-order valence-corrected chi connectivity index (χ1v) is 10.9. The SMILES string of the molecule is O=C(NCc1nn[nH]n1)[C@H](Cc1ccccc1)O[C@@H](Cc1ccccc1)C(=O)NCc1nn[nH]n1. The van der Waals surface area contributed by atoms with E-state index in [9.17, 15) is 9.59 Å². The van der Waals surface area contributed by atoms with Crippen molar-refractivity contribution in [3.05, 3.63) is 83.4 Å². The molecule has 2 aromatic carbocycles. The number of rotatable bonds is 12. The maximum atomic E-state index is 13.1. The molecule has 4 rings (SSSR count). The van der Waals surface area contributed by atoms with E-state index in [2.05, 4.69) is 51.9 Å². The van der Waals surface area contributed by atoms with Crippen LogP contribution in [0.5, 0.6) is 0 Å². The third-order valence-electron chi connectivity index (χ3n) is 5.06. The van der Waals surface area contributed by atoms with Gasteiger partial charge in [-0.2, -0.15) is 10.4 Å². The molecule has 2 atom stereocenters. The van der Waals surface area contributed by atoms with E-state index in [-0.39, 0.29) is 25.9 Å². The first-order chi connectivity index (χ1) is 17.2. The Hall–Kier alpha value is -4.52. The van der Waals surface area contributed by atoms with Crippen LogP contribution < -0.4 is 10.6 Å². The molecular formula is C22H24N10O3. The molecule has 0 saturated carbocycles. The van der Waals surface area contributed by atoms with Gasteiger partial charge < -0.3 is 15.4 Å². The standard InChI is InChI=1S/C22H24N10O3/c33-21(23-13-19-25-29-30-26-19)17(11-15-7-3-1-4-8-15)35-18(12-16-9-5-2-6-10-16)22(34)24-14-20-27-31-32-28-20/h1-10,17-18H,11-14H2,(H,23,33)(H,24,34)(H,25,26,29,30)(H,27,28,31,32)/t17-,18-/m0/s1. The number of nitrogens with zero attached hydrogens (tertiary/aromatic N) is 6. The largest absolute Gasteiger partial charge is 0.355 e. The molecule has 35 heavy (non-hydrogen) atoms. The summed E-state index contributed by atoms with van der Waals surface area (Å²) < 4.78 is 6.17. The van der Waals surface area contributed by atoms with Crippen molar-refractivity contribution in [3.63, 3.8) is 0 Å². The monoisotopic (exact) mass is 476 g/mol. The van der Waals surface area contributed by atoms with E-state index in [1.54, 1.807) is 0 Å². The van der Waals surface area contributed by atoms with Crippen molar-refractivity contribution in [1.29, 1.82) is 0 Å². The van der Waals surface area contributed by atoms with Gasteiger partial charge in [-0.05, 0) is 11.1 Å². The second-order valence-corrected chi connectivity index (χ2v) is 7.58. The molecule has 180 valence electrons. The Kier molecular flexibility index (Phi) is 8.16. The highest BCUT2D eigenvalue weighted by atomic mass is 16.5. The van der Waals surface area contributed by atoms with Crippen LogP contribution in [0.2, 0.25) is 0 Å². The highest BCUT2D eigenvalue weighted by molar-refractivity contribution is 5.84. The Balaban J connectivity index is 1.50. The van der Waals surface area contributed by atoms with Gasteiger partial charge in [-0.3, -0.25) is 9.59 Å². The molecule has 0 radical (unpaired) electrons. The van der Waals surface area contributed by atoms with Crippen LogP contribution in [0.15, 0.2) is 60.7 Å². The molecule has 0 saturated heterocycles. The van der Waals surface area contributed by atoms with Crippen LogP contribution >= 0.6 is 0 Å². The lowest BCUT2D eigenvalue weighted by Crippen LogP contribution is -2.45. The van der Waals surface area contributed by atoms with Crippen molar-refractivity contribution >= 4 is 11.8 Å². The average Bonchev–Trinajstić information content (AvgIpc) is 3.61. The molecule has 13 nitrogen and oxygen atoms in total. The lowest BCUT2D eigenvalue weighted by Gasteiger charge is -2.24. The molecule has 0 spiro atoms. The number of hydrogen-bond donors (Lipinski definition) is 4. The van der Waals surface area contributed by atoms with Gasteiger partial charge >= 0.3 is 0 Å². The summed E-state index contributed by atoms with van der Waals surface area (Å²) in [6.45, 7) is 0.134. The fourth-order valence-electron chi connectivity index (χ4n) is 3.33. The van der Waals surface area contributed by atoms with Crippen molar-refractivity contribution in [2.24, 2.45) is 0 Å². The van der Waals surface area contributed by atoms with Crippen molar-refractivity contribution in [2.45, 2.75) is 38.1 Å². The van der Waals surface area contributed by atoms with Gasteiger partial charge in [0, 0.05) is 12.8 Å². The van der Waals surface area contributed by atoms with E-state index in [1.165, 1.54) is 0 Å².